The fraction of sp³-hybridized carbons (Fsp3) is 0.368. The Morgan fingerprint density at radius 2 is 1.60 bits per heavy atom. The minimum absolute atomic E-state index is 0.469. The Kier molecular flexibility index (Phi) is 3.08. The molecule has 0 fully saturated rings. The molecular formula is C19H22O. The number of furan rings is 1. The highest BCUT2D eigenvalue weighted by molar-refractivity contribution is 6.06. The van der Waals surface area contributed by atoms with E-state index in [0.717, 1.165) is 11.2 Å². The molecule has 0 aliphatic carbocycles. The summed E-state index contributed by atoms with van der Waals surface area (Å²) in [7, 11) is 0. The third-order valence-corrected chi connectivity index (χ3v) is 4.21. The molecule has 0 bridgehead atoms. The minimum atomic E-state index is 0.469. The van der Waals surface area contributed by atoms with Gasteiger partial charge in [-0.15, -0.1) is 0 Å². The maximum absolute atomic E-state index is 6.16. The number of hydrogen-bond acceptors (Lipinski definition) is 1. The molecule has 20 heavy (non-hydrogen) atoms. The number of benzene rings is 2. The molecule has 3 rings (SSSR count). The summed E-state index contributed by atoms with van der Waals surface area (Å²) < 4.78 is 6.16. The van der Waals surface area contributed by atoms with Crippen LogP contribution in [0.1, 0.15) is 56.2 Å². The fourth-order valence-corrected chi connectivity index (χ4v) is 3.29. The van der Waals surface area contributed by atoms with E-state index in [2.05, 4.69) is 58.9 Å². The Balaban J connectivity index is 2.51. The Hall–Kier alpha value is -1.76. The van der Waals surface area contributed by atoms with Crippen LogP contribution < -0.4 is 0 Å². The second kappa shape index (κ2) is 4.66. The van der Waals surface area contributed by atoms with Gasteiger partial charge in [-0.05, 0) is 42.0 Å². The van der Waals surface area contributed by atoms with Crippen molar-refractivity contribution in [1.29, 1.82) is 0 Å². The predicted molar refractivity (Wildman–Crippen MR) is 86.6 cm³/mol. The molecular weight excluding hydrogens is 244 g/mol. The van der Waals surface area contributed by atoms with Crippen LogP contribution in [0.4, 0.5) is 0 Å². The van der Waals surface area contributed by atoms with Gasteiger partial charge >= 0.3 is 0 Å². The van der Waals surface area contributed by atoms with Gasteiger partial charge in [0.1, 0.15) is 11.2 Å². The normalized spacial score (nSPS) is 12.2. The molecule has 0 radical (unpaired) electrons. The molecule has 2 aromatic carbocycles. The van der Waals surface area contributed by atoms with E-state index < -0.39 is 0 Å². The quantitative estimate of drug-likeness (QED) is 0.543. The van der Waals surface area contributed by atoms with Crippen LogP contribution in [0.5, 0.6) is 0 Å². The third-order valence-electron chi connectivity index (χ3n) is 4.21. The van der Waals surface area contributed by atoms with Crippen LogP contribution in [0.3, 0.4) is 0 Å². The third kappa shape index (κ3) is 1.84. The smallest absolute Gasteiger partial charge is 0.139 e. The maximum atomic E-state index is 6.16. The van der Waals surface area contributed by atoms with E-state index in [0.29, 0.717) is 11.8 Å². The zero-order valence-corrected chi connectivity index (χ0v) is 12.9. The van der Waals surface area contributed by atoms with Gasteiger partial charge in [-0.25, -0.2) is 0 Å². The minimum Gasteiger partial charge on any atom is -0.456 e. The fourth-order valence-electron chi connectivity index (χ4n) is 3.29. The monoisotopic (exact) mass is 266 g/mol. The van der Waals surface area contributed by atoms with E-state index in [4.69, 9.17) is 4.42 Å². The predicted octanol–water partition coefficient (Wildman–Crippen LogP) is 6.14. The van der Waals surface area contributed by atoms with Gasteiger partial charge in [0.15, 0.2) is 0 Å². The van der Waals surface area contributed by atoms with Crippen molar-refractivity contribution in [2.24, 2.45) is 0 Å². The van der Waals surface area contributed by atoms with Gasteiger partial charge in [0.25, 0.3) is 0 Å². The summed E-state index contributed by atoms with van der Waals surface area (Å²) in [6.45, 7) is 11.3. The van der Waals surface area contributed by atoms with E-state index in [-0.39, 0.29) is 0 Å². The van der Waals surface area contributed by atoms with Crippen LogP contribution in [-0.2, 0) is 0 Å². The summed E-state index contributed by atoms with van der Waals surface area (Å²) >= 11 is 0. The summed E-state index contributed by atoms with van der Waals surface area (Å²) in [6, 6.07) is 10.7. The molecule has 0 saturated carbocycles. The van der Waals surface area contributed by atoms with Gasteiger partial charge in [0, 0.05) is 16.3 Å². The van der Waals surface area contributed by atoms with Crippen molar-refractivity contribution in [1.82, 2.24) is 0 Å². The van der Waals surface area contributed by atoms with Crippen molar-refractivity contribution < 1.29 is 4.42 Å². The van der Waals surface area contributed by atoms with E-state index >= 15 is 0 Å². The zero-order valence-electron chi connectivity index (χ0n) is 12.9. The lowest BCUT2D eigenvalue weighted by Crippen LogP contribution is -2.00. The molecule has 0 saturated heterocycles. The van der Waals surface area contributed by atoms with Gasteiger partial charge in [-0.2, -0.15) is 0 Å². The molecule has 0 amide bonds. The molecule has 0 atom stereocenters. The first-order valence-corrected chi connectivity index (χ1v) is 7.45. The zero-order chi connectivity index (χ0) is 14.4. The largest absolute Gasteiger partial charge is 0.456 e. The van der Waals surface area contributed by atoms with Gasteiger partial charge in [0.2, 0.25) is 0 Å². The number of hydrogen-bond donors (Lipinski definition) is 0. The van der Waals surface area contributed by atoms with Gasteiger partial charge < -0.3 is 4.42 Å². The molecule has 1 heterocycles. The molecule has 0 unspecified atom stereocenters. The Bertz CT molecular complexity index is 775. The van der Waals surface area contributed by atoms with Crippen molar-refractivity contribution in [3.05, 3.63) is 47.0 Å². The molecule has 0 aliphatic heterocycles. The highest BCUT2D eigenvalue weighted by Crippen LogP contribution is 2.39. The van der Waals surface area contributed by atoms with Crippen LogP contribution in [0.15, 0.2) is 34.7 Å². The second-order valence-corrected chi connectivity index (χ2v) is 6.29. The van der Waals surface area contributed by atoms with Gasteiger partial charge in [-0.3, -0.25) is 0 Å². The SMILES string of the molecule is Cc1c(C(C)C)cc2c(oc3ccccc32)c1C(C)C. The molecule has 1 aromatic heterocycles. The molecule has 3 aromatic rings. The van der Waals surface area contributed by atoms with Gasteiger partial charge in [0.05, 0.1) is 0 Å². The summed E-state index contributed by atoms with van der Waals surface area (Å²) in [6.07, 6.45) is 0. The topological polar surface area (TPSA) is 13.1 Å². The molecule has 104 valence electrons. The second-order valence-electron chi connectivity index (χ2n) is 6.29. The molecule has 0 spiro atoms. The van der Waals surface area contributed by atoms with Crippen LogP contribution in [0.2, 0.25) is 0 Å². The number of para-hydroxylation sites is 1. The van der Waals surface area contributed by atoms with E-state index in [1.165, 1.54) is 27.5 Å². The summed E-state index contributed by atoms with van der Waals surface area (Å²) in [5.41, 5.74) is 6.25. The number of rotatable bonds is 2. The van der Waals surface area contributed by atoms with Crippen LogP contribution in [0, 0.1) is 6.92 Å². The Morgan fingerprint density at radius 3 is 2.25 bits per heavy atom. The van der Waals surface area contributed by atoms with Crippen molar-refractivity contribution in [3.8, 4) is 0 Å². The average Bonchev–Trinajstić information content (AvgIpc) is 2.74. The highest BCUT2D eigenvalue weighted by Gasteiger charge is 2.19. The first-order valence-electron chi connectivity index (χ1n) is 7.45. The van der Waals surface area contributed by atoms with Gasteiger partial charge in [-0.1, -0.05) is 45.9 Å². The summed E-state index contributed by atoms with van der Waals surface area (Å²) in [5.74, 6) is 1.00. The van der Waals surface area contributed by atoms with E-state index in [9.17, 15) is 0 Å². The van der Waals surface area contributed by atoms with Crippen molar-refractivity contribution in [2.75, 3.05) is 0 Å². The van der Waals surface area contributed by atoms with Crippen LogP contribution >= 0.6 is 0 Å². The van der Waals surface area contributed by atoms with E-state index in [1.807, 2.05) is 6.07 Å². The molecule has 0 N–H and O–H groups in total. The molecule has 1 nitrogen and oxygen atoms in total. The number of fused-ring (bicyclic) bond motifs is 3. The lowest BCUT2D eigenvalue weighted by atomic mass is 9.87. The lowest BCUT2D eigenvalue weighted by molar-refractivity contribution is 0.654. The van der Waals surface area contributed by atoms with E-state index in [1.54, 1.807) is 0 Å². The standard InChI is InChI=1S/C19H22O/c1-11(2)15-10-16-14-8-6-7-9-17(14)20-19(16)18(12(3)4)13(15)5/h6-12H,1-5H3. The maximum Gasteiger partial charge on any atom is 0.139 e. The summed E-state index contributed by atoms with van der Waals surface area (Å²) in [5, 5.41) is 2.49. The van der Waals surface area contributed by atoms with Crippen molar-refractivity contribution in [2.45, 2.75) is 46.5 Å². The molecule has 1 heteroatoms. The molecule has 0 aliphatic rings. The lowest BCUT2D eigenvalue weighted by Gasteiger charge is -2.17. The van der Waals surface area contributed by atoms with Crippen LogP contribution in [0.25, 0.3) is 21.9 Å². The highest BCUT2D eigenvalue weighted by atomic mass is 16.3. The van der Waals surface area contributed by atoms with Crippen molar-refractivity contribution >= 4 is 21.9 Å². The summed E-state index contributed by atoms with van der Waals surface area (Å²) in [4.78, 5) is 0. The van der Waals surface area contributed by atoms with Crippen molar-refractivity contribution in [3.63, 3.8) is 0 Å². The Morgan fingerprint density at radius 1 is 0.900 bits per heavy atom. The average molecular weight is 266 g/mol. The first-order chi connectivity index (χ1) is 9.50. The Labute approximate surface area is 120 Å². The first kappa shape index (κ1) is 13.2. The van der Waals surface area contributed by atoms with Crippen LogP contribution in [-0.4, -0.2) is 0 Å².